The predicted molar refractivity (Wildman–Crippen MR) is 292 cm³/mol. The lowest BCUT2D eigenvalue weighted by molar-refractivity contribution is 1.07. The van der Waals surface area contributed by atoms with Gasteiger partial charge in [0.05, 0.1) is 11.0 Å². The number of hydrogen-bond acceptors (Lipinski definition) is 4. The van der Waals surface area contributed by atoms with Gasteiger partial charge in [0.15, 0.2) is 25.5 Å². The summed E-state index contributed by atoms with van der Waals surface area (Å²) in [5.74, 6) is 1.86. The highest BCUT2D eigenvalue weighted by molar-refractivity contribution is 7.26. The lowest BCUT2D eigenvalue weighted by Gasteiger charge is -2.34. The van der Waals surface area contributed by atoms with Crippen LogP contribution >= 0.6 is 11.3 Å². The number of fused-ring (bicyclic) bond motifs is 6. The molecule has 0 saturated carbocycles. The number of benzene rings is 10. The van der Waals surface area contributed by atoms with Crippen molar-refractivity contribution in [2.45, 2.75) is 0 Å². The summed E-state index contributed by atoms with van der Waals surface area (Å²) in [6, 6.07) is 92.0. The van der Waals surface area contributed by atoms with Crippen LogP contribution in [0, 0.1) is 0 Å². The van der Waals surface area contributed by atoms with Crippen molar-refractivity contribution in [1.82, 2.24) is 19.5 Å². The Labute approximate surface area is 405 Å². The van der Waals surface area contributed by atoms with Crippen LogP contribution in [0.3, 0.4) is 0 Å². The summed E-state index contributed by atoms with van der Waals surface area (Å²) >= 11 is 1.84. The molecule has 324 valence electrons. The molecule has 0 unspecified atom stereocenters. The highest BCUT2D eigenvalue weighted by Crippen LogP contribution is 2.41. The average molecular weight is 915 g/mol. The molecule has 0 saturated heterocycles. The Kier molecular flexibility index (Phi) is 10.00. The zero-order chi connectivity index (χ0) is 45.7. The van der Waals surface area contributed by atoms with E-state index in [2.05, 4.69) is 259 Å². The number of aromatic nitrogens is 4. The van der Waals surface area contributed by atoms with Crippen LogP contribution in [-0.4, -0.2) is 27.6 Å². The van der Waals surface area contributed by atoms with Crippen LogP contribution in [-0.2, 0) is 0 Å². The lowest BCUT2D eigenvalue weighted by Crippen LogP contribution is -2.74. The first-order valence-electron chi connectivity index (χ1n) is 23.3. The van der Waals surface area contributed by atoms with Crippen molar-refractivity contribution in [1.29, 1.82) is 0 Å². The van der Waals surface area contributed by atoms with Gasteiger partial charge < -0.3 is 4.57 Å². The Bertz CT molecular complexity index is 3850. The van der Waals surface area contributed by atoms with E-state index in [0.717, 1.165) is 27.9 Å². The van der Waals surface area contributed by atoms with Gasteiger partial charge in [0.25, 0.3) is 0 Å². The first kappa shape index (κ1) is 40.7. The highest BCUT2D eigenvalue weighted by Gasteiger charge is 2.41. The number of thiophene rings is 1. The van der Waals surface area contributed by atoms with Crippen LogP contribution in [0.1, 0.15) is 0 Å². The predicted octanol–water partition coefficient (Wildman–Crippen LogP) is 13.4. The lowest BCUT2D eigenvalue weighted by atomic mass is 10.0. The van der Waals surface area contributed by atoms with E-state index in [4.69, 9.17) is 15.0 Å². The van der Waals surface area contributed by atoms with Crippen LogP contribution in [0.25, 0.3) is 93.0 Å². The molecule has 3 heterocycles. The van der Waals surface area contributed by atoms with E-state index in [1.165, 1.54) is 68.3 Å². The van der Waals surface area contributed by atoms with Gasteiger partial charge in [-0.1, -0.05) is 206 Å². The second-order valence-electron chi connectivity index (χ2n) is 17.5. The van der Waals surface area contributed by atoms with E-state index >= 15 is 0 Å². The fourth-order valence-electron chi connectivity index (χ4n) is 10.5. The molecule has 0 fully saturated rings. The van der Waals surface area contributed by atoms with Crippen molar-refractivity contribution in [3.8, 4) is 51.0 Å². The third-order valence-electron chi connectivity index (χ3n) is 13.6. The summed E-state index contributed by atoms with van der Waals surface area (Å²) in [5.41, 5.74) is 8.50. The molecule has 4 nitrogen and oxygen atoms in total. The molecule has 3 aromatic heterocycles. The molecule has 0 spiro atoms. The number of hydrogen-bond donors (Lipinski definition) is 0. The minimum absolute atomic E-state index is 0.617. The van der Waals surface area contributed by atoms with Gasteiger partial charge in [0.1, 0.15) is 0 Å². The Morgan fingerprint density at radius 3 is 1.33 bits per heavy atom. The normalized spacial score (nSPS) is 11.8. The van der Waals surface area contributed by atoms with Gasteiger partial charge in [-0.15, -0.1) is 11.3 Å². The fourth-order valence-corrected chi connectivity index (χ4v) is 16.4. The molecular formula is C63H42N4SSi. The quantitative estimate of drug-likeness (QED) is 0.107. The van der Waals surface area contributed by atoms with Gasteiger partial charge in [0.2, 0.25) is 0 Å². The maximum Gasteiger partial charge on any atom is 0.179 e. The van der Waals surface area contributed by atoms with E-state index < -0.39 is 8.07 Å². The first-order valence-corrected chi connectivity index (χ1v) is 26.2. The first-order chi connectivity index (χ1) is 34.2. The van der Waals surface area contributed by atoms with Gasteiger partial charge >= 0.3 is 0 Å². The molecule has 0 atom stereocenters. The second-order valence-corrected chi connectivity index (χ2v) is 22.4. The molecule has 13 rings (SSSR count). The number of nitrogens with zero attached hydrogens (tertiary/aromatic N) is 4. The van der Waals surface area contributed by atoms with E-state index in [9.17, 15) is 0 Å². The van der Waals surface area contributed by atoms with E-state index in [1.54, 1.807) is 0 Å². The van der Waals surface area contributed by atoms with Crippen LogP contribution in [0.5, 0.6) is 0 Å². The van der Waals surface area contributed by atoms with E-state index in [-0.39, 0.29) is 0 Å². The molecule has 0 N–H and O–H groups in total. The second kappa shape index (κ2) is 17.0. The molecule has 0 aliphatic heterocycles. The van der Waals surface area contributed by atoms with E-state index in [0.29, 0.717) is 17.5 Å². The summed E-state index contributed by atoms with van der Waals surface area (Å²) in [6.45, 7) is 0. The molecule has 0 amide bonds. The average Bonchev–Trinajstić information content (AvgIpc) is 3.98. The Morgan fingerprint density at radius 1 is 0.319 bits per heavy atom. The van der Waals surface area contributed by atoms with E-state index in [1.807, 2.05) is 11.3 Å². The van der Waals surface area contributed by atoms with Crippen molar-refractivity contribution in [2.75, 3.05) is 0 Å². The topological polar surface area (TPSA) is 43.6 Å². The largest absolute Gasteiger partial charge is 0.309 e. The zero-order valence-electron chi connectivity index (χ0n) is 37.4. The van der Waals surface area contributed by atoms with Crippen LogP contribution in [0.2, 0.25) is 0 Å². The molecule has 6 heteroatoms. The van der Waals surface area contributed by atoms with Crippen LogP contribution in [0.15, 0.2) is 255 Å². The Morgan fingerprint density at radius 2 is 0.754 bits per heavy atom. The molecule has 0 bridgehead atoms. The summed E-state index contributed by atoms with van der Waals surface area (Å²) in [5, 5.41) is 10.3. The maximum absolute atomic E-state index is 5.31. The van der Waals surface area contributed by atoms with Crippen LogP contribution in [0.4, 0.5) is 0 Å². The molecule has 13 aromatic rings. The van der Waals surface area contributed by atoms with Gasteiger partial charge in [-0.2, -0.15) is 0 Å². The van der Waals surface area contributed by atoms with Crippen molar-refractivity contribution in [3.63, 3.8) is 0 Å². The summed E-state index contributed by atoms with van der Waals surface area (Å²) in [4.78, 5) is 15.9. The number of rotatable bonds is 9. The standard InChI is InChI=1S/C63H42N4SSi/c1-4-20-48(21-5-1)69(49-22-6-2-7-23-49,50-24-8-3-9-25-50)51-40-36-44(37-41-51)62-64-61(43-34-38-47(39-35-43)67-57-31-13-10-26-53(57)54-27-11-14-32-58(54)67)65-63(66-62)46-19-16-18-45(42-46)52-29-17-30-56-55-28-12-15-33-59(55)68-60(52)56/h1-42H. The maximum atomic E-state index is 5.31. The van der Waals surface area contributed by atoms with Crippen molar-refractivity contribution in [3.05, 3.63) is 255 Å². The van der Waals surface area contributed by atoms with Gasteiger partial charge in [-0.3, -0.25) is 0 Å². The monoisotopic (exact) mass is 914 g/mol. The van der Waals surface area contributed by atoms with Crippen LogP contribution < -0.4 is 20.7 Å². The molecule has 0 aliphatic carbocycles. The third kappa shape index (κ3) is 6.91. The Hall–Kier alpha value is -8.55. The molecule has 0 aliphatic rings. The smallest absolute Gasteiger partial charge is 0.179 e. The summed E-state index contributed by atoms with van der Waals surface area (Å²) in [7, 11) is -2.74. The highest BCUT2D eigenvalue weighted by atomic mass is 32.1. The van der Waals surface area contributed by atoms with Crippen molar-refractivity contribution in [2.24, 2.45) is 0 Å². The fraction of sp³-hybridized carbons (Fsp3) is 0. The zero-order valence-corrected chi connectivity index (χ0v) is 39.3. The van der Waals surface area contributed by atoms with Gasteiger partial charge in [-0.05, 0) is 80.4 Å². The molecule has 69 heavy (non-hydrogen) atoms. The third-order valence-corrected chi connectivity index (χ3v) is 19.6. The summed E-state index contributed by atoms with van der Waals surface area (Å²) < 4.78 is 4.90. The molecule has 10 aromatic carbocycles. The SMILES string of the molecule is c1ccc([Si](c2ccccc2)(c2ccccc2)c2ccc(-c3nc(-c4ccc(-n5c6ccccc6c6ccccc65)cc4)nc(-c4cccc(-c5cccc6c5sc5ccccc56)c4)n3)cc2)cc1. The van der Waals surface area contributed by atoms with Crippen molar-refractivity contribution >= 4 is 82.1 Å². The summed E-state index contributed by atoms with van der Waals surface area (Å²) in [6.07, 6.45) is 0. The minimum atomic E-state index is -2.74. The number of para-hydroxylation sites is 2. The minimum Gasteiger partial charge on any atom is -0.309 e. The molecular weight excluding hydrogens is 873 g/mol. The molecule has 0 radical (unpaired) electrons. The van der Waals surface area contributed by atoms with Crippen molar-refractivity contribution < 1.29 is 0 Å². The van der Waals surface area contributed by atoms with Gasteiger partial charge in [-0.25, -0.2) is 15.0 Å². The Balaban J connectivity index is 0.963. The van der Waals surface area contributed by atoms with Gasteiger partial charge in [0, 0.05) is 53.3 Å².